The summed E-state index contributed by atoms with van der Waals surface area (Å²) in [4.78, 5) is 0. The van der Waals surface area contributed by atoms with Crippen LogP contribution in [0.1, 0.15) is 46.5 Å². The summed E-state index contributed by atoms with van der Waals surface area (Å²) in [6.45, 7) is 6.96. The third-order valence-corrected chi connectivity index (χ3v) is 4.48. The van der Waals surface area contributed by atoms with Gasteiger partial charge in [-0.05, 0) is 57.3 Å². The van der Waals surface area contributed by atoms with E-state index in [9.17, 15) is 0 Å². The van der Waals surface area contributed by atoms with E-state index >= 15 is 0 Å². The number of hydrogen-bond donors (Lipinski definition) is 1. The van der Waals surface area contributed by atoms with E-state index in [-0.39, 0.29) is 6.61 Å². The lowest BCUT2D eigenvalue weighted by atomic mass is 9.71. The molecule has 0 bridgehead atoms. The smallest absolute Gasteiger partial charge is 0.0639 e. The molecule has 90 valence electrons. The first-order valence-corrected chi connectivity index (χ1v) is 6.61. The van der Waals surface area contributed by atoms with Gasteiger partial charge in [0.2, 0.25) is 0 Å². The Labute approximate surface area is 99.3 Å². The van der Waals surface area contributed by atoms with Crippen LogP contribution in [0.15, 0.2) is 22.8 Å². The van der Waals surface area contributed by atoms with E-state index in [1.54, 1.807) is 11.1 Å². The van der Waals surface area contributed by atoms with E-state index in [4.69, 9.17) is 5.11 Å². The van der Waals surface area contributed by atoms with Crippen LogP contribution in [0.25, 0.3) is 0 Å². The van der Waals surface area contributed by atoms with E-state index in [0.717, 1.165) is 17.4 Å². The molecule has 1 fully saturated rings. The van der Waals surface area contributed by atoms with Crippen molar-refractivity contribution in [2.24, 2.45) is 17.8 Å². The van der Waals surface area contributed by atoms with Crippen LogP contribution in [0.2, 0.25) is 0 Å². The predicted molar refractivity (Wildman–Crippen MR) is 68.2 cm³/mol. The molecule has 0 radical (unpaired) electrons. The zero-order chi connectivity index (χ0) is 11.7. The number of fused-ring (bicyclic) bond motifs is 1. The molecule has 2 aliphatic carbocycles. The Hall–Kier alpha value is -0.560. The van der Waals surface area contributed by atoms with Crippen molar-refractivity contribution in [3.8, 4) is 0 Å². The summed E-state index contributed by atoms with van der Waals surface area (Å²) in [6, 6.07) is 0. The second kappa shape index (κ2) is 4.75. The van der Waals surface area contributed by atoms with Crippen LogP contribution in [0.4, 0.5) is 0 Å². The van der Waals surface area contributed by atoms with E-state index in [1.165, 1.54) is 25.7 Å². The number of rotatable bonds is 2. The van der Waals surface area contributed by atoms with Crippen LogP contribution in [-0.4, -0.2) is 11.7 Å². The molecular weight excluding hydrogens is 196 g/mol. The molecule has 1 saturated carbocycles. The summed E-state index contributed by atoms with van der Waals surface area (Å²) in [6.07, 6.45) is 7.60. The van der Waals surface area contributed by atoms with E-state index in [2.05, 4.69) is 19.9 Å². The molecule has 0 spiro atoms. The van der Waals surface area contributed by atoms with Crippen LogP contribution in [0.3, 0.4) is 0 Å². The van der Waals surface area contributed by atoms with Crippen LogP contribution in [0.5, 0.6) is 0 Å². The summed E-state index contributed by atoms with van der Waals surface area (Å²) in [5.74, 6) is 2.32. The highest BCUT2D eigenvalue weighted by atomic mass is 16.3. The highest BCUT2D eigenvalue weighted by molar-refractivity contribution is 5.30. The van der Waals surface area contributed by atoms with Gasteiger partial charge in [-0.1, -0.05) is 29.7 Å². The molecular formula is C15H24O. The van der Waals surface area contributed by atoms with Crippen molar-refractivity contribution in [2.45, 2.75) is 46.5 Å². The van der Waals surface area contributed by atoms with Crippen molar-refractivity contribution in [3.63, 3.8) is 0 Å². The molecule has 16 heavy (non-hydrogen) atoms. The SMILES string of the molecule is CC1=C2C(/C=C(\C)CO)CCC(C)C2CC1. The van der Waals surface area contributed by atoms with Crippen molar-refractivity contribution in [3.05, 3.63) is 22.8 Å². The van der Waals surface area contributed by atoms with Gasteiger partial charge < -0.3 is 5.11 Å². The van der Waals surface area contributed by atoms with Gasteiger partial charge in [-0.2, -0.15) is 0 Å². The molecule has 1 N–H and O–H groups in total. The van der Waals surface area contributed by atoms with Gasteiger partial charge in [-0.3, -0.25) is 0 Å². The molecule has 2 rings (SSSR count). The van der Waals surface area contributed by atoms with Crippen LogP contribution in [0, 0.1) is 17.8 Å². The molecule has 0 amide bonds. The van der Waals surface area contributed by atoms with E-state index in [1.807, 2.05) is 6.92 Å². The van der Waals surface area contributed by atoms with Gasteiger partial charge in [0.05, 0.1) is 6.61 Å². The summed E-state index contributed by atoms with van der Waals surface area (Å²) < 4.78 is 0. The summed E-state index contributed by atoms with van der Waals surface area (Å²) in [5, 5.41) is 9.14. The highest BCUT2D eigenvalue weighted by Crippen LogP contribution is 2.48. The maximum atomic E-state index is 9.14. The van der Waals surface area contributed by atoms with Crippen LogP contribution >= 0.6 is 0 Å². The quantitative estimate of drug-likeness (QED) is 0.704. The maximum absolute atomic E-state index is 9.14. The Bertz CT molecular complexity index is 324. The van der Waals surface area contributed by atoms with Gasteiger partial charge in [0.25, 0.3) is 0 Å². The third kappa shape index (κ3) is 2.10. The van der Waals surface area contributed by atoms with Gasteiger partial charge in [0, 0.05) is 0 Å². The first-order chi connectivity index (χ1) is 7.63. The number of aliphatic hydroxyl groups excluding tert-OH is 1. The topological polar surface area (TPSA) is 20.2 Å². The van der Waals surface area contributed by atoms with Crippen molar-refractivity contribution in [1.29, 1.82) is 0 Å². The minimum absolute atomic E-state index is 0.211. The zero-order valence-electron chi connectivity index (χ0n) is 10.8. The molecule has 1 heteroatoms. The molecule has 3 atom stereocenters. The average molecular weight is 220 g/mol. The Balaban J connectivity index is 2.24. The second-order valence-corrected chi connectivity index (χ2v) is 5.71. The van der Waals surface area contributed by atoms with E-state index in [0.29, 0.717) is 5.92 Å². The average Bonchev–Trinajstić information content (AvgIpc) is 2.66. The van der Waals surface area contributed by atoms with Crippen LogP contribution < -0.4 is 0 Å². The standard InChI is InChI=1S/C15H24O/c1-10(9-16)8-13-6-4-11(2)14-7-5-12(3)15(13)14/h8,11,13-14,16H,4-7,9H2,1-3H3/b10-8+. The zero-order valence-corrected chi connectivity index (χ0v) is 10.8. The molecule has 2 aliphatic rings. The molecule has 0 aromatic carbocycles. The van der Waals surface area contributed by atoms with Crippen LogP contribution in [-0.2, 0) is 0 Å². The Morgan fingerprint density at radius 3 is 2.81 bits per heavy atom. The second-order valence-electron chi connectivity index (χ2n) is 5.71. The molecule has 0 heterocycles. The van der Waals surface area contributed by atoms with Gasteiger partial charge >= 0.3 is 0 Å². The molecule has 0 saturated heterocycles. The molecule has 1 nitrogen and oxygen atoms in total. The minimum Gasteiger partial charge on any atom is -0.392 e. The fourth-order valence-electron chi connectivity index (χ4n) is 3.54. The van der Waals surface area contributed by atoms with Gasteiger partial charge in [0.15, 0.2) is 0 Å². The Kier molecular flexibility index (Phi) is 3.53. The monoisotopic (exact) mass is 220 g/mol. The highest BCUT2D eigenvalue weighted by Gasteiger charge is 2.35. The molecule has 0 aliphatic heterocycles. The van der Waals surface area contributed by atoms with Gasteiger partial charge in [-0.15, -0.1) is 0 Å². The predicted octanol–water partition coefficient (Wildman–Crippen LogP) is 3.70. The third-order valence-electron chi connectivity index (χ3n) is 4.48. The molecule has 0 aromatic heterocycles. The molecule has 0 aromatic rings. The van der Waals surface area contributed by atoms with Crippen molar-refractivity contribution in [1.82, 2.24) is 0 Å². The Morgan fingerprint density at radius 2 is 2.12 bits per heavy atom. The number of aliphatic hydroxyl groups is 1. The van der Waals surface area contributed by atoms with Gasteiger partial charge in [-0.25, -0.2) is 0 Å². The summed E-state index contributed by atoms with van der Waals surface area (Å²) in [7, 11) is 0. The molecule has 3 unspecified atom stereocenters. The lowest BCUT2D eigenvalue weighted by molar-refractivity contribution is 0.296. The minimum atomic E-state index is 0.211. The maximum Gasteiger partial charge on any atom is 0.0639 e. The van der Waals surface area contributed by atoms with Gasteiger partial charge in [0.1, 0.15) is 0 Å². The lowest BCUT2D eigenvalue weighted by Crippen LogP contribution is -2.23. The van der Waals surface area contributed by atoms with Crippen molar-refractivity contribution < 1.29 is 5.11 Å². The largest absolute Gasteiger partial charge is 0.392 e. The first kappa shape index (κ1) is 11.9. The number of hydrogen-bond acceptors (Lipinski definition) is 1. The van der Waals surface area contributed by atoms with Crippen molar-refractivity contribution in [2.75, 3.05) is 6.61 Å². The normalized spacial score (nSPS) is 35.5. The van der Waals surface area contributed by atoms with Crippen molar-refractivity contribution >= 4 is 0 Å². The number of allylic oxidation sites excluding steroid dienone is 3. The van der Waals surface area contributed by atoms with E-state index < -0.39 is 0 Å². The fraction of sp³-hybridized carbons (Fsp3) is 0.733. The Morgan fingerprint density at radius 1 is 1.38 bits per heavy atom. The summed E-state index contributed by atoms with van der Waals surface area (Å²) >= 11 is 0. The first-order valence-electron chi connectivity index (χ1n) is 6.61. The summed E-state index contributed by atoms with van der Waals surface area (Å²) in [5.41, 5.74) is 4.47. The fourth-order valence-corrected chi connectivity index (χ4v) is 3.54. The lowest BCUT2D eigenvalue weighted by Gasteiger charge is -2.34.